The first-order chi connectivity index (χ1) is 8.02. The van der Waals surface area contributed by atoms with Crippen molar-refractivity contribution in [3.63, 3.8) is 0 Å². The topological polar surface area (TPSA) is 58.2 Å². The Bertz CT molecular complexity index is 452. The van der Waals surface area contributed by atoms with Crippen LogP contribution in [0.2, 0.25) is 0 Å². The van der Waals surface area contributed by atoms with Gasteiger partial charge in [-0.1, -0.05) is 34.7 Å². The summed E-state index contributed by atoms with van der Waals surface area (Å²) in [6.45, 7) is 2.92. The van der Waals surface area contributed by atoms with Gasteiger partial charge in [0.2, 0.25) is 11.8 Å². The standard InChI is InChI=1S/C12H13IN2O2/c1-8(16)14-11-5-3-10(4-6-11)12(7-13)15-9(2)17/h3-7H,1-2H3,(H,14,16)(H,15,17)/b12-7+. The van der Waals surface area contributed by atoms with E-state index in [1.54, 1.807) is 16.2 Å². The van der Waals surface area contributed by atoms with Gasteiger partial charge in [-0.2, -0.15) is 0 Å². The van der Waals surface area contributed by atoms with E-state index < -0.39 is 0 Å². The fourth-order valence-electron chi connectivity index (χ4n) is 1.29. The molecule has 4 nitrogen and oxygen atoms in total. The first-order valence-corrected chi connectivity index (χ1v) is 6.23. The summed E-state index contributed by atoms with van der Waals surface area (Å²) in [7, 11) is 0. The second-order valence-electron chi connectivity index (χ2n) is 3.46. The third kappa shape index (κ3) is 4.56. The van der Waals surface area contributed by atoms with E-state index in [4.69, 9.17) is 0 Å². The molecule has 0 aliphatic heterocycles. The summed E-state index contributed by atoms with van der Waals surface area (Å²) >= 11 is 2.07. The number of halogens is 1. The van der Waals surface area contributed by atoms with Crippen LogP contribution in [0.25, 0.3) is 5.70 Å². The molecule has 2 amide bonds. The number of benzene rings is 1. The van der Waals surface area contributed by atoms with Gasteiger partial charge in [-0.15, -0.1) is 0 Å². The Morgan fingerprint density at radius 3 is 2.12 bits per heavy atom. The highest BCUT2D eigenvalue weighted by molar-refractivity contribution is 14.1. The molecule has 0 aliphatic rings. The molecule has 17 heavy (non-hydrogen) atoms. The molecule has 0 unspecified atom stereocenters. The highest BCUT2D eigenvalue weighted by Crippen LogP contribution is 2.16. The van der Waals surface area contributed by atoms with Gasteiger partial charge in [-0.25, -0.2) is 0 Å². The minimum Gasteiger partial charge on any atom is -0.326 e. The molecule has 5 heteroatoms. The van der Waals surface area contributed by atoms with Gasteiger partial charge in [0.05, 0.1) is 5.70 Å². The van der Waals surface area contributed by atoms with E-state index in [-0.39, 0.29) is 11.8 Å². The van der Waals surface area contributed by atoms with Gasteiger partial charge in [0.25, 0.3) is 0 Å². The SMILES string of the molecule is CC(=O)N/C(=C/I)c1ccc(NC(C)=O)cc1. The molecule has 90 valence electrons. The minimum absolute atomic E-state index is 0.107. The van der Waals surface area contributed by atoms with Gasteiger partial charge in [0.1, 0.15) is 0 Å². The maximum absolute atomic E-state index is 11.0. The molecule has 0 saturated carbocycles. The van der Waals surface area contributed by atoms with Crippen LogP contribution in [-0.4, -0.2) is 11.8 Å². The van der Waals surface area contributed by atoms with Crippen molar-refractivity contribution >= 4 is 45.8 Å². The lowest BCUT2D eigenvalue weighted by atomic mass is 10.1. The van der Waals surface area contributed by atoms with Crippen molar-refractivity contribution in [2.24, 2.45) is 0 Å². The molecule has 0 heterocycles. The number of carbonyl (C=O) groups is 2. The zero-order chi connectivity index (χ0) is 12.8. The van der Waals surface area contributed by atoms with Crippen molar-refractivity contribution in [1.29, 1.82) is 0 Å². The van der Waals surface area contributed by atoms with Gasteiger partial charge >= 0.3 is 0 Å². The number of carbonyl (C=O) groups excluding carboxylic acids is 2. The second-order valence-corrected chi connectivity index (χ2v) is 4.09. The number of amides is 2. The Kier molecular flexibility index (Phi) is 5.14. The van der Waals surface area contributed by atoms with E-state index in [0.717, 1.165) is 16.9 Å². The number of nitrogens with one attached hydrogen (secondary N) is 2. The fraction of sp³-hybridized carbons (Fsp3) is 0.167. The van der Waals surface area contributed by atoms with Crippen LogP contribution in [0.1, 0.15) is 19.4 Å². The number of rotatable bonds is 3. The van der Waals surface area contributed by atoms with Crippen LogP contribution < -0.4 is 10.6 Å². The predicted molar refractivity (Wildman–Crippen MR) is 76.6 cm³/mol. The van der Waals surface area contributed by atoms with Gasteiger partial charge in [0, 0.05) is 23.6 Å². The lowest BCUT2D eigenvalue weighted by molar-refractivity contribution is -0.118. The Balaban J connectivity index is 2.85. The predicted octanol–water partition coefficient (Wildman–Crippen LogP) is 2.51. The molecule has 0 spiro atoms. The highest BCUT2D eigenvalue weighted by Gasteiger charge is 2.03. The quantitative estimate of drug-likeness (QED) is 0.828. The fourth-order valence-corrected chi connectivity index (χ4v) is 1.80. The summed E-state index contributed by atoms with van der Waals surface area (Å²) < 4.78 is 1.80. The van der Waals surface area contributed by atoms with E-state index in [9.17, 15) is 9.59 Å². The first kappa shape index (κ1) is 13.7. The minimum atomic E-state index is -0.112. The molecular weight excluding hydrogens is 331 g/mol. The van der Waals surface area contributed by atoms with Gasteiger partial charge in [-0.05, 0) is 17.7 Å². The number of hydrogen-bond acceptors (Lipinski definition) is 2. The van der Waals surface area contributed by atoms with Crippen molar-refractivity contribution in [3.05, 3.63) is 33.9 Å². The van der Waals surface area contributed by atoms with Gasteiger partial charge in [0.15, 0.2) is 0 Å². The molecule has 0 saturated heterocycles. The molecule has 2 N–H and O–H groups in total. The summed E-state index contributed by atoms with van der Waals surface area (Å²) in [5.41, 5.74) is 2.37. The summed E-state index contributed by atoms with van der Waals surface area (Å²) in [5.74, 6) is -0.219. The molecule has 0 fully saturated rings. The van der Waals surface area contributed by atoms with E-state index in [1.807, 2.05) is 12.1 Å². The monoisotopic (exact) mass is 344 g/mol. The van der Waals surface area contributed by atoms with Crippen molar-refractivity contribution in [1.82, 2.24) is 5.32 Å². The normalized spacial score (nSPS) is 10.9. The van der Waals surface area contributed by atoms with Crippen molar-refractivity contribution in [2.45, 2.75) is 13.8 Å². The van der Waals surface area contributed by atoms with E-state index in [2.05, 4.69) is 33.2 Å². The molecule has 0 aromatic heterocycles. The smallest absolute Gasteiger partial charge is 0.221 e. The second kappa shape index (κ2) is 6.39. The summed E-state index contributed by atoms with van der Waals surface area (Å²) in [4.78, 5) is 21.8. The van der Waals surface area contributed by atoms with Crippen LogP contribution in [0.15, 0.2) is 28.3 Å². The van der Waals surface area contributed by atoms with Crippen LogP contribution in [0.3, 0.4) is 0 Å². The first-order valence-electron chi connectivity index (χ1n) is 4.99. The van der Waals surface area contributed by atoms with Crippen LogP contribution >= 0.6 is 22.6 Å². The Labute approximate surface area is 114 Å². The van der Waals surface area contributed by atoms with Gasteiger partial charge in [-0.3, -0.25) is 9.59 Å². The number of anilines is 1. The molecule has 0 bridgehead atoms. The zero-order valence-corrected chi connectivity index (χ0v) is 11.7. The lowest BCUT2D eigenvalue weighted by Gasteiger charge is -2.08. The molecule has 1 aromatic rings. The maximum atomic E-state index is 11.0. The molecule has 0 atom stereocenters. The average Bonchev–Trinajstić information content (AvgIpc) is 2.26. The zero-order valence-electron chi connectivity index (χ0n) is 9.58. The lowest BCUT2D eigenvalue weighted by Crippen LogP contribution is -2.17. The van der Waals surface area contributed by atoms with Crippen LogP contribution in [0.4, 0.5) is 5.69 Å². The molecular formula is C12H13IN2O2. The maximum Gasteiger partial charge on any atom is 0.221 e. The third-order valence-corrected chi connectivity index (χ3v) is 2.56. The Hall–Kier alpha value is -1.37. The Morgan fingerprint density at radius 2 is 1.71 bits per heavy atom. The molecule has 0 aliphatic carbocycles. The molecule has 0 radical (unpaired) electrons. The summed E-state index contributed by atoms with van der Waals surface area (Å²) in [6.07, 6.45) is 0. The highest BCUT2D eigenvalue weighted by atomic mass is 127. The Morgan fingerprint density at radius 1 is 1.12 bits per heavy atom. The average molecular weight is 344 g/mol. The third-order valence-electron chi connectivity index (χ3n) is 1.94. The number of hydrogen-bond donors (Lipinski definition) is 2. The van der Waals surface area contributed by atoms with Crippen molar-refractivity contribution in [2.75, 3.05) is 5.32 Å². The van der Waals surface area contributed by atoms with Crippen LogP contribution in [0, 0.1) is 0 Å². The van der Waals surface area contributed by atoms with Crippen LogP contribution in [0.5, 0.6) is 0 Å². The summed E-state index contributed by atoms with van der Waals surface area (Å²) in [6, 6.07) is 7.26. The van der Waals surface area contributed by atoms with Crippen molar-refractivity contribution < 1.29 is 9.59 Å². The largest absolute Gasteiger partial charge is 0.326 e. The van der Waals surface area contributed by atoms with Crippen LogP contribution in [-0.2, 0) is 9.59 Å². The molecule has 1 rings (SSSR count). The van der Waals surface area contributed by atoms with E-state index in [0.29, 0.717) is 0 Å². The van der Waals surface area contributed by atoms with Gasteiger partial charge < -0.3 is 10.6 Å². The van der Waals surface area contributed by atoms with Crippen molar-refractivity contribution in [3.8, 4) is 0 Å². The summed E-state index contributed by atoms with van der Waals surface area (Å²) in [5, 5.41) is 5.42. The molecule has 1 aromatic carbocycles. The van der Waals surface area contributed by atoms with E-state index >= 15 is 0 Å². The van der Waals surface area contributed by atoms with E-state index in [1.165, 1.54) is 13.8 Å².